The van der Waals surface area contributed by atoms with E-state index in [-0.39, 0.29) is 36.1 Å². The van der Waals surface area contributed by atoms with Gasteiger partial charge < -0.3 is 15.2 Å². The maximum atomic E-state index is 11.9. The van der Waals surface area contributed by atoms with Crippen LogP contribution in [0.25, 0.3) is 0 Å². The van der Waals surface area contributed by atoms with Crippen LogP contribution in [0.1, 0.15) is 90.8 Å². The molecule has 12 heteroatoms. The number of hydrogen-bond donors (Lipinski definition) is 3. The third kappa shape index (κ3) is 7.36. The van der Waals surface area contributed by atoms with E-state index in [2.05, 4.69) is 10.6 Å². The van der Waals surface area contributed by atoms with Gasteiger partial charge in [-0.1, -0.05) is 26.8 Å². The zero-order valence-corrected chi connectivity index (χ0v) is 23.8. The van der Waals surface area contributed by atoms with Crippen molar-refractivity contribution < 1.29 is 38.6 Å². The summed E-state index contributed by atoms with van der Waals surface area (Å²) in [7, 11) is 0. The third-order valence-corrected chi connectivity index (χ3v) is 6.60. The van der Waals surface area contributed by atoms with E-state index in [4.69, 9.17) is 4.74 Å². The van der Waals surface area contributed by atoms with Crippen LogP contribution in [0.4, 0.5) is 15.3 Å². The predicted molar refractivity (Wildman–Crippen MR) is 144 cm³/mol. The van der Waals surface area contributed by atoms with E-state index in [1.165, 1.54) is 4.90 Å². The number of hydrogen-bond acceptors (Lipinski definition) is 8. The van der Waals surface area contributed by atoms with E-state index in [1.807, 2.05) is 39.0 Å². The second-order valence-corrected chi connectivity index (χ2v) is 12.2. The molecule has 0 radical (unpaired) electrons. The Balaban J connectivity index is 0.000000252. The first-order chi connectivity index (χ1) is 18.5. The molecule has 40 heavy (non-hydrogen) atoms. The summed E-state index contributed by atoms with van der Waals surface area (Å²) in [6, 6.07) is 4.99. The second kappa shape index (κ2) is 11.6. The Kier molecular flexibility index (Phi) is 8.90. The molecule has 12 nitrogen and oxygen atoms in total. The first-order valence-corrected chi connectivity index (χ1v) is 13.3. The molecule has 2 unspecified atom stereocenters. The van der Waals surface area contributed by atoms with Crippen LogP contribution in [0.3, 0.4) is 0 Å². The minimum absolute atomic E-state index is 0.227. The number of likely N-dealkylation sites (tertiary alicyclic amines) is 1. The van der Waals surface area contributed by atoms with Crippen molar-refractivity contribution in [2.75, 3.05) is 5.32 Å². The number of carboxylic acid groups (broad SMARTS) is 1. The minimum atomic E-state index is -0.934. The summed E-state index contributed by atoms with van der Waals surface area (Å²) in [5.41, 5.74) is 1.75. The minimum Gasteiger partial charge on any atom is -0.465 e. The van der Waals surface area contributed by atoms with Gasteiger partial charge in [-0.15, -0.1) is 0 Å². The van der Waals surface area contributed by atoms with E-state index < -0.39 is 35.6 Å². The molecule has 3 aliphatic rings. The summed E-state index contributed by atoms with van der Waals surface area (Å²) in [6.07, 6.45) is -0.0716. The van der Waals surface area contributed by atoms with Crippen LogP contribution in [0.2, 0.25) is 0 Å². The number of carbonyl (C=O) groups excluding carboxylic acids is 5. The zero-order chi connectivity index (χ0) is 30.0. The second-order valence-electron chi connectivity index (χ2n) is 12.2. The molecule has 3 N–H and O–H groups in total. The quantitative estimate of drug-likeness (QED) is 0.456. The highest BCUT2D eigenvalue weighted by Crippen LogP contribution is 2.45. The van der Waals surface area contributed by atoms with Crippen LogP contribution in [-0.2, 0) is 30.5 Å². The van der Waals surface area contributed by atoms with Gasteiger partial charge in [0.15, 0.2) is 0 Å². The van der Waals surface area contributed by atoms with Crippen LogP contribution in [-0.4, -0.2) is 62.4 Å². The number of amides is 6. The molecule has 0 aliphatic carbocycles. The number of nitrogens with one attached hydrogen (secondary N) is 2. The number of fused-ring (bicyclic) bond motifs is 1. The van der Waals surface area contributed by atoms with Gasteiger partial charge in [-0.25, -0.2) is 9.59 Å². The SMILES string of the molecule is CC(C)(C)C1c2cc(NC3CCC(=O)NC3=O)ccc2CN1C(=O)O.CC(C)(C)OC(=O)N1C(=O)CCCC1=O. The van der Waals surface area contributed by atoms with Gasteiger partial charge in [0, 0.05) is 24.9 Å². The van der Waals surface area contributed by atoms with Crippen molar-refractivity contribution in [2.45, 2.75) is 97.9 Å². The molecule has 0 bridgehead atoms. The zero-order valence-electron chi connectivity index (χ0n) is 23.8. The van der Waals surface area contributed by atoms with E-state index in [0.717, 1.165) is 16.8 Å². The summed E-state index contributed by atoms with van der Waals surface area (Å²) < 4.78 is 4.96. The average Bonchev–Trinajstić information content (AvgIpc) is 3.20. The number of anilines is 1. The fraction of sp³-hybridized carbons (Fsp3) is 0.571. The molecule has 2 fully saturated rings. The fourth-order valence-corrected chi connectivity index (χ4v) is 4.94. The van der Waals surface area contributed by atoms with Crippen LogP contribution < -0.4 is 10.6 Å². The number of imide groups is 4. The Morgan fingerprint density at radius 3 is 2.15 bits per heavy atom. The number of rotatable bonds is 2. The van der Waals surface area contributed by atoms with E-state index in [9.17, 15) is 33.9 Å². The van der Waals surface area contributed by atoms with Crippen molar-refractivity contribution in [2.24, 2.45) is 5.41 Å². The number of carbonyl (C=O) groups is 6. The average molecular weight is 559 g/mol. The Hall–Kier alpha value is -3.96. The summed E-state index contributed by atoms with van der Waals surface area (Å²) >= 11 is 0. The monoisotopic (exact) mass is 558 g/mol. The van der Waals surface area contributed by atoms with Crippen LogP contribution in [0.15, 0.2) is 18.2 Å². The summed E-state index contributed by atoms with van der Waals surface area (Å²) in [6.45, 7) is 11.5. The molecule has 0 spiro atoms. The largest absolute Gasteiger partial charge is 0.465 e. The van der Waals surface area contributed by atoms with E-state index >= 15 is 0 Å². The van der Waals surface area contributed by atoms with Crippen molar-refractivity contribution in [1.82, 2.24) is 15.1 Å². The maximum Gasteiger partial charge on any atom is 0.424 e. The summed E-state index contributed by atoms with van der Waals surface area (Å²) in [4.78, 5) is 71.0. The lowest BCUT2D eigenvalue weighted by Crippen LogP contribution is -2.47. The molecular formula is C28H38N4O8. The van der Waals surface area contributed by atoms with Gasteiger partial charge in [-0.05, 0) is 62.3 Å². The molecule has 218 valence electrons. The molecule has 3 aliphatic heterocycles. The molecule has 4 rings (SSSR count). The van der Waals surface area contributed by atoms with E-state index in [0.29, 0.717) is 30.7 Å². The lowest BCUT2D eigenvalue weighted by molar-refractivity contribution is -0.146. The maximum absolute atomic E-state index is 11.9. The number of ether oxygens (including phenoxy) is 1. The first-order valence-electron chi connectivity index (χ1n) is 13.3. The highest BCUT2D eigenvalue weighted by molar-refractivity contribution is 6.10. The molecule has 0 aromatic heterocycles. The molecule has 3 heterocycles. The van der Waals surface area contributed by atoms with Gasteiger partial charge in [0.05, 0.1) is 12.6 Å². The van der Waals surface area contributed by atoms with Gasteiger partial charge >= 0.3 is 12.2 Å². The third-order valence-electron chi connectivity index (χ3n) is 6.60. The van der Waals surface area contributed by atoms with Crippen molar-refractivity contribution in [3.05, 3.63) is 29.3 Å². The molecule has 0 saturated carbocycles. The topological polar surface area (TPSA) is 162 Å². The molecule has 6 amide bonds. The lowest BCUT2D eigenvalue weighted by Gasteiger charge is -2.34. The standard InChI is InChI=1S/C18H23N3O4.C10H15NO4/c1-18(2,3)15-12-8-11(5-4-10(12)9-21(15)17(24)25)19-13-6-7-14(22)20-16(13)23;1-10(2,3)15-9(14)11-7(12)5-4-6-8(11)13/h4-5,8,13,15,19H,6-7,9H2,1-3H3,(H,24,25)(H,20,22,23);4-6H2,1-3H3. The van der Waals surface area contributed by atoms with Crippen LogP contribution in [0, 0.1) is 5.41 Å². The summed E-state index contributed by atoms with van der Waals surface area (Å²) in [5.74, 6) is -1.51. The van der Waals surface area contributed by atoms with Crippen LogP contribution in [0.5, 0.6) is 0 Å². The van der Waals surface area contributed by atoms with Crippen molar-refractivity contribution >= 4 is 41.5 Å². The molecule has 1 aromatic carbocycles. The number of nitrogens with zero attached hydrogens (tertiary/aromatic N) is 2. The highest BCUT2D eigenvalue weighted by Gasteiger charge is 2.41. The Bertz CT molecular complexity index is 1200. The molecule has 2 saturated heterocycles. The van der Waals surface area contributed by atoms with Gasteiger partial charge in [0.25, 0.3) is 0 Å². The van der Waals surface area contributed by atoms with Crippen LogP contribution >= 0.6 is 0 Å². The predicted octanol–water partition coefficient (Wildman–Crippen LogP) is 3.95. The normalized spacial score (nSPS) is 21.2. The summed E-state index contributed by atoms with van der Waals surface area (Å²) in [5, 5.41) is 15.0. The number of benzene rings is 1. The molecule has 1 aromatic rings. The Morgan fingerprint density at radius 1 is 1.00 bits per heavy atom. The van der Waals surface area contributed by atoms with Crippen molar-refractivity contribution in [3.63, 3.8) is 0 Å². The highest BCUT2D eigenvalue weighted by atomic mass is 16.6. The smallest absolute Gasteiger partial charge is 0.424 e. The van der Waals surface area contributed by atoms with Crippen molar-refractivity contribution in [3.8, 4) is 0 Å². The Labute approximate surface area is 233 Å². The van der Waals surface area contributed by atoms with Gasteiger partial charge in [-0.2, -0.15) is 4.90 Å². The Morgan fingerprint density at radius 2 is 1.62 bits per heavy atom. The van der Waals surface area contributed by atoms with Crippen molar-refractivity contribution in [1.29, 1.82) is 0 Å². The van der Waals surface area contributed by atoms with Gasteiger partial charge in [0.2, 0.25) is 23.6 Å². The fourth-order valence-electron chi connectivity index (χ4n) is 4.94. The molecular weight excluding hydrogens is 520 g/mol. The first kappa shape index (κ1) is 30.6. The van der Waals surface area contributed by atoms with Gasteiger partial charge in [-0.3, -0.25) is 29.4 Å². The van der Waals surface area contributed by atoms with E-state index in [1.54, 1.807) is 20.8 Å². The lowest BCUT2D eigenvalue weighted by atomic mass is 9.82. The number of piperidine rings is 2. The molecule has 2 atom stereocenters. The van der Waals surface area contributed by atoms with Gasteiger partial charge in [0.1, 0.15) is 11.6 Å².